The van der Waals surface area contributed by atoms with Crippen LogP contribution in [0.5, 0.6) is 0 Å². The smallest absolute Gasteiger partial charge is 0.120 e. The number of aryl methyl sites for hydroxylation is 1. The lowest BCUT2D eigenvalue weighted by molar-refractivity contribution is 0.218. The van der Waals surface area contributed by atoms with Gasteiger partial charge in [0.1, 0.15) is 11.5 Å². The van der Waals surface area contributed by atoms with Gasteiger partial charge < -0.3 is 9.73 Å². The average Bonchev–Trinajstić information content (AvgIpc) is 2.94. The van der Waals surface area contributed by atoms with Crippen LogP contribution in [0.1, 0.15) is 51.2 Å². The van der Waals surface area contributed by atoms with Crippen molar-refractivity contribution in [3.63, 3.8) is 0 Å². The van der Waals surface area contributed by atoms with Gasteiger partial charge in [-0.1, -0.05) is 27.7 Å². The SMILES string of the molecule is CCNCc1oc(CN2CCC(C(C)(C)C)C2)cc1C. The lowest BCUT2D eigenvalue weighted by atomic mass is 9.80. The standard InChI is InChI=1S/C17H30N2O/c1-6-18-10-16-13(2)9-15(20-16)12-19-8-7-14(11-19)17(3,4)5/h9,14,18H,6-8,10-12H2,1-5H3. The zero-order valence-corrected chi connectivity index (χ0v) is 13.8. The van der Waals surface area contributed by atoms with E-state index in [1.54, 1.807) is 0 Å². The van der Waals surface area contributed by atoms with Crippen molar-refractivity contribution in [2.75, 3.05) is 19.6 Å². The molecule has 2 heterocycles. The Kier molecular flexibility index (Phi) is 4.92. The summed E-state index contributed by atoms with van der Waals surface area (Å²) in [6.45, 7) is 16.5. The van der Waals surface area contributed by atoms with Gasteiger partial charge in [0.05, 0.1) is 13.1 Å². The Morgan fingerprint density at radius 2 is 2.15 bits per heavy atom. The predicted octanol–water partition coefficient (Wildman–Crippen LogP) is 3.57. The summed E-state index contributed by atoms with van der Waals surface area (Å²) in [5.74, 6) is 3.01. The number of furan rings is 1. The Labute approximate surface area is 123 Å². The minimum absolute atomic E-state index is 0.421. The molecule has 20 heavy (non-hydrogen) atoms. The van der Waals surface area contributed by atoms with Crippen molar-refractivity contribution in [3.8, 4) is 0 Å². The highest BCUT2D eigenvalue weighted by atomic mass is 16.3. The predicted molar refractivity (Wildman–Crippen MR) is 83.7 cm³/mol. The van der Waals surface area contributed by atoms with Crippen LogP contribution in [0.4, 0.5) is 0 Å². The molecular weight excluding hydrogens is 248 g/mol. The summed E-state index contributed by atoms with van der Waals surface area (Å²) in [5.41, 5.74) is 1.69. The van der Waals surface area contributed by atoms with E-state index in [9.17, 15) is 0 Å². The zero-order chi connectivity index (χ0) is 14.8. The second-order valence-corrected chi connectivity index (χ2v) is 7.19. The van der Waals surface area contributed by atoms with E-state index in [0.717, 1.165) is 37.1 Å². The third kappa shape index (κ3) is 3.86. The number of hydrogen-bond donors (Lipinski definition) is 1. The molecule has 3 heteroatoms. The molecule has 0 radical (unpaired) electrons. The third-order valence-electron chi connectivity index (χ3n) is 4.48. The molecule has 0 spiro atoms. The van der Waals surface area contributed by atoms with Gasteiger partial charge >= 0.3 is 0 Å². The zero-order valence-electron chi connectivity index (χ0n) is 13.8. The second kappa shape index (κ2) is 6.31. The third-order valence-corrected chi connectivity index (χ3v) is 4.48. The summed E-state index contributed by atoms with van der Waals surface area (Å²) >= 11 is 0. The van der Waals surface area contributed by atoms with E-state index in [1.807, 2.05) is 0 Å². The molecule has 1 unspecified atom stereocenters. The first-order valence-corrected chi connectivity index (χ1v) is 7.91. The highest BCUT2D eigenvalue weighted by Gasteiger charge is 2.31. The van der Waals surface area contributed by atoms with Gasteiger partial charge in [-0.15, -0.1) is 0 Å². The number of hydrogen-bond acceptors (Lipinski definition) is 3. The second-order valence-electron chi connectivity index (χ2n) is 7.19. The van der Waals surface area contributed by atoms with E-state index in [1.165, 1.54) is 25.1 Å². The Morgan fingerprint density at radius 1 is 1.40 bits per heavy atom. The van der Waals surface area contributed by atoms with E-state index in [4.69, 9.17) is 4.42 Å². The molecule has 1 aromatic rings. The fourth-order valence-electron chi connectivity index (χ4n) is 2.99. The number of nitrogens with zero attached hydrogens (tertiary/aromatic N) is 1. The lowest BCUT2D eigenvalue weighted by Gasteiger charge is -2.26. The Bertz CT molecular complexity index is 431. The molecule has 0 bridgehead atoms. The van der Waals surface area contributed by atoms with Crippen LogP contribution in [-0.4, -0.2) is 24.5 Å². The molecule has 0 amide bonds. The topological polar surface area (TPSA) is 28.4 Å². The molecule has 1 saturated heterocycles. The largest absolute Gasteiger partial charge is 0.463 e. The van der Waals surface area contributed by atoms with Crippen LogP contribution in [0.3, 0.4) is 0 Å². The van der Waals surface area contributed by atoms with Gasteiger partial charge in [0.15, 0.2) is 0 Å². The van der Waals surface area contributed by atoms with Crippen LogP contribution in [0.2, 0.25) is 0 Å². The molecule has 1 aromatic heterocycles. The first kappa shape index (κ1) is 15.6. The first-order chi connectivity index (χ1) is 9.40. The molecule has 1 aliphatic heterocycles. The molecular formula is C17H30N2O. The molecule has 3 nitrogen and oxygen atoms in total. The summed E-state index contributed by atoms with van der Waals surface area (Å²) < 4.78 is 6.00. The quantitative estimate of drug-likeness (QED) is 0.892. The van der Waals surface area contributed by atoms with Crippen LogP contribution >= 0.6 is 0 Å². The molecule has 1 aliphatic rings. The van der Waals surface area contributed by atoms with Crippen molar-refractivity contribution in [2.45, 2.75) is 54.1 Å². The van der Waals surface area contributed by atoms with Gasteiger partial charge in [0.25, 0.3) is 0 Å². The van der Waals surface area contributed by atoms with Gasteiger partial charge in [-0.05, 0) is 49.4 Å². The molecule has 114 valence electrons. The minimum Gasteiger partial charge on any atom is -0.463 e. The molecule has 0 saturated carbocycles. The highest BCUT2D eigenvalue weighted by Crippen LogP contribution is 2.34. The van der Waals surface area contributed by atoms with Crippen molar-refractivity contribution in [1.29, 1.82) is 0 Å². The normalized spacial score (nSPS) is 20.8. The van der Waals surface area contributed by atoms with Gasteiger partial charge in [-0.25, -0.2) is 0 Å². The van der Waals surface area contributed by atoms with E-state index in [0.29, 0.717) is 5.41 Å². The summed E-state index contributed by atoms with van der Waals surface area (Å²) in [7, 11) is 0. The maximum Gasteiger partial charge on any atom is 0.120 e. The van der Waals surface area contributed by atoms with Crippen molar-refractivity contribution >= 4 is 0 Å². The van der Waals surface area contributed by atoms with Crippen LogP contribution < -0.4 is 5.32 Å². The number of likely N-dealkylation sites (tertiary alicyclic amines) is 1. The van der Waals surface area contributed by atoms with Crippen molar-refractivity contribution < 1.29 is 4.42 Å². The highest BCUT2D eigenvalue weighted by molar-refractivity contribution is 5.20. The Hall–Kier alpha value is -0.800. The van der Waals surface area contributed by atoms with Gasteiger partial charge in [0.2, 0.25) is 0 Å². The van der Waals surface area contributed by atoms with Crippen LogP contribution in [0, 0.1) is 18.3 Å². The summed E-state index contributed by atoms with van der Waals surface area (Å²) in [6, 6.07) is 2.21. The van der Waals surface area contributed by atoms with E-state index < -0.39 is 0 Å². The molecule has 0 aliphatic carbocycles. The summed E-state index contributed by atoms with van der Waals surface area (Å²) in [5, 5.41) is 3.33. The Morgan fingerprint density at radius 3 is 2.75 bits per heavy atom. The monoisotopic (exact) mass is 278 g/mol. The molecule has 0 aromatic carbocycles. The van der Waals surface area contributed by atoms with E-state index in [-0.39, 0.29) is 0 Å². The van der Waals surface area contributed by atoms with Crippen LogP contribution in [0.25, 0.3) is 0 Å². The fraction of sp³-hybridized carbons (Fsp3) is 0.765. The van der Waals surface area contributed by atoms with Crippen molar-refractivity contribution in [1.82, 2.24) is 10.2 Å². The Balaban J connectivity index is 1.91. The molecule has 1 atom stereocenters. The molecule has 1 fully saturated rings. The number of rotatable bonds is 5. The van der Waals surface area contributed by atoms with Crippen molar-refractivity contribution in [2.24, 2.45) is 11.3 Å². The van der Waals surface area contributed by atoms with E-state index in [2.05, 4.69) is 50.9 Å². The molecule has 2 rings (SSSR count). The van der Waals surface area contributed by atoms with Crippen molar-refractivity contribution in [3.05, 3.63) is 23.2 Å². The summed E-state index contributed by atoms with van der Waals surface area (Å²) in [4.78, 5) is 2.53. The number of nitrogens with one attached hydrogen (secondary N) is 1. The van der Waals surface area contributed by atoms with Crippen LogP contribution in [0.15, 0.2) is 10.5 Å². The van der Waals surface area contributed by atoms with Gasteiger partial charge in [-0.2, -0.15) is 0 Å². The van der Waals surface area contributed by atoms with Gasteiger partial charge in [0, 0.05) is 6.54 Å². The lowest BCUT2D eigenvalue weighted by Crippen LogP contribution is -2.25. The molecule has 1 N–H and O–H groups in total. The van der Waals surface area contributed by atoms with E-state index >= 15 is 0 Å². The minimum atomic E-state index is 0.421. The van der Waals surface area contributed by atoms with Gasteiger partial charge in [-0.3, -0.25) is 4.90 Å². The fourth-order valence-corrected chi connectivity index (χ4v) is 2.99. The van der Waals surface area contributed by atoms with Crippen LogP contribution in [-0.2, 0) is 13.1 Å². The maximum atomic E-state index is 6.00. The average molecular weight is 278 g/mol. The summed E-state index contributed by atoms with van der Waals surface area (Å²) in [6.07, 6.45) is 1.31. The first-order valence-electron chi connectivity index (χ1n) is 7.91. The maximum absolute atomic E-state index is 6.00.